The number of nitrogen functional groups attached to an aromatic ring is 1. The van der Waals surface area contributed by atoms with Gasteiger partial charge in [-0.2, -0.15) is 0 Å². The van der Waals surface area contributed by atoms with Gasteiger partial charge in [0, 0.05) is 6.20 Å². The molecule has 2 heterocycles. The van der Waals surface area contributed by atoms with E-state index in [0.717, 1.165) is 5.69 Å². The van der Waals surface area contributed by atoms with E-state index in [4.69, 9.17) is 10.2 Å². The number of anilines is 1. The van der Waals surface area contributed by atoms with Crippen molar-refractivity contribution in [3.8, 4) is 11.5 Å². The van der Waals surface area contributed by atoms with Crippen LogP contribution in [0.15, 0.2) is 35.0 Å². The van der Waals surface area contributed by atoms with Gasteiger partial charge in [-0.25, -0.2) is 4.98 Å². The fraction of sp³-hybridized carbons (Fsp3) is 0. The van der Waals surface area contributed by atoms with E-state index < -0.39 is 0 Å². The van der Waals surface area contributed by atoms with Gasteiger partial charge in [-0.15, -0.1) is 0 Å². The Morgan fingerprint density at radius 3 is 2.75 bits per heavy atom. The molecular weight excluding hydrogens is 154 g/mol. The van der Waals surface area contributed by atoms with Gasteiger partial charge in [0.15, 0.2) is 5.76 Å². The zero-order valence-corrected chi connectivity index (χ0v) is 6.27. The van der Waals surface area contributed by atoms with E-state index in [-0.39, 0.29) is 6.01 Å². The third-order valence-corrected chi connectivity index (χ3v) is 1.44. The SMILES string of the molecule is Nc1ncc(-c2ccccn2)o1. The number of oxazole rings is 1. The Hall–Kier alpha value is -1.84. The summed E-state index contributed by atoms with van der Waals surface area (Å²) in [5.41, 5.74) is 6.05. The van der Waals surface area contributed by atoms with Gasteiger partial charge < -0.3 is 10.2 Å². The van der Waals surface area contributed by atoms with E-state index in [2.05, 4.69) is 9.97 Å². The zero-order chi connectivity index (χ0) is 8.39. The standard InChI is InChI=1S/C8H7N3O/c9-8-11-5-7(12-8)6-3-1-2-4-10-6/h1-5H,(H2,9,11). The van der Waals surface area contributed by atoms with Crippen molar-refractivity contribution in [2.75, 3.05) is 5.73 Å². The van der Waals surface area contributed by atoms with Crippen LogP contribution in [0.4, 0.5) is 6.01 Å². The first-order chi connectivity index (χ1) is 5.86. The van der Waals surface area contributed by atoms with E-state index in [1.807, 2.05) is 18.2 Å². The van der Waals surface area contributed by atoms with Gasteiger partial charge in [0.1, 0.15) is 5.69 Å². The average Bonchev–Trinajstić information content (AvgIpc) is 2.54. The lowest BCUT2D eigenvalue weighted by Crippen LogP contribution is -1.80. The highest BCUT2D eigenvalue weighted by atomic mass is 16.4. The molecule has 0 unspecified atom stereocenters. The second-order valence-corrected chi connectivity index (χ2v) is 2.28. The van der Waals surface area contributed by atoms with Crippen LogP contribution in [0.3, 0.4) is 0 Å². The molecule has 0 atom stereocenters. The van der Waals surface area contributed by atoms with Gasteiger partial charge in [0.2, 0.25) is 0 Å². The molecule has 0 fully saturated rings. The fourth-order valence-corrected chi connectivity index (χ4v) is 0.915. The van der Waals surface area contributed by atoms with Crippen LogP contribution in [0.1, 0.15) is 0 Å². The van der Waals surface area contributed by atoms with Crippen molar-refractivity contribution >= 4 is 6.01 Å². The first kappa shape index (κ1) is 6.84. The Balaban J connectivity index is 2.45. The Morgan fingerprint density at radius 1 is 1.25 bits per heavy atom. The van der Waals surface area contributed by atoms with Crippen LogP contribution < -0.4 is 5.73 Å². The summed E-state index contributed by atoms with van der Waals surface area (Å²) in [6, 6.07) is 5.71. The van der Waals surface area contributed by atoms with Crippen molar-refractivity contribution in [1.29, 1.82) is 0 Å². The smallest absolute Gasteiger partial charge is 0.292 e. The van der Waals surface area contributed by atoms with Crippen molar-refractivity contribution in [1.82, 2.24) is 9.97 Å². The van der Waals surface area contributed by atoms with Crippen molar-refractivity contribution < 1.29 is 4.42 Å². The molecule has 4 heteroatoms. The second-order valence-electron chi connectivity index (χ2n) is 2.28. The lowest BCUT2D eigenvalue weighted by molar-refractivity contribution is 0.592. The van der Waals surface area contributed by atoms with E-state index in [1.54, 1.807) is 12.4 Å². The summed E-state index contributed by atoms with van der Waals surface area (Å²) >= 11 is 0. The first-order valence-corrected chi connectivity index (χ1v) is 3.49. The van der Waals surface area contributed by atoms with Crippen LogP contribution in [0.5, 0.6) is 0 Å². The number of rotatable bonds is 1. The minimum absolute atomic E-state index is 0.163. The molecule has 2 aromatic heterocycles. The summed E-state index contributed by atoms with van der Waals surface area (Å²) in [4.78, 5) is 7.84. The van der Waals surface area contributed by atoms with Crippen molar-refractivity contribution in [2.45, 2.75) is 0 Å². The van der Waals surface area contributed by atoms with E-state index in [9.17, 15) is 0 Å². The maximum Gasteiger partial charge on any atom is 0.292 e. The largest absolute Gasteiger partial charge is 0.422 e. The Bertz CT molecular complexity index is 369. The molecule has 0 aliphatic heterocycles. The minimum atomic E-state index is 0.163. The van der Waals surface area contributed by atoms with Crippen molar-refractivity contribution in [3.05, 3.63) is 30.6 Å². The van der Waals surface area contributed by atoms with Crippen molar-refractivity contribution in [3.63, 3.8) is 0 Å². The lowest BCUT2D eigenvalue weighted by atomic mass is 10.3. The maximum atomic E-state index is 5.31. The number of hydrogen-bond donors (Lipinski definition) is 1. The monoisotopic (exact) mass is 161 g/mol. The number of aromatic nitrogens is 2. The molecule has 60 valence electrons. The predicted molar refractivity (Wildman–Crippen MR) is 44.1 cm³/mol. The summed E-state index contributed by atoms with van der Waals surface area (Å²) < 4.78 is 5.07. The maximum absolute atomic E-state index is 5.31. The third kappa shape index (κ3) is 1.14. The molecule has 4 nitrogen and oxygen atoms in total. The first-order valence-electron chi connectivity index (χ1n) is 3.49. The van der Waals surface area contributed by atoms with Crippen LogP contribution in [0, 0.1) is 0 Å². The Morgan fingerprint density at radius 2 is 2.17 bits per heavy atom. The average molecular weight is 161 g/mol. The van der Waals surface area contributed by atoms with Crippen LogP contribution in [0.25, 0.3) is 11.5 Å². The van der Waals surface area contributed by atoms with Crippen LogP contribution >= 0.6 is 0 Å². The number of nitrogens with two attached hydrogens (primary N) is 1. The van der Waals surface area contributed by atoms with E-state index in [0.29, 0.717) is 5.76 Å². The second kappa shape index (κ2) is 2.65. The van der Waals surface area contributed by atoms with Gasteiger partial charge in [-0.3, -0.25) is 4.98 Å². The van der Waals surface area contributed by atoms with Crippen LogP contribution in [-0.2, 0) is 0 Å². The van der Waals surface area contributed by atoms with Gasteiger partial charge >= 0.3 is 0 Å². The highest BCUT2D eigenvalue weighted by molar-refractivity contribution is 5.51. The highest BCUT2D eigenvalue weighted by Crippen LogP contribution is 2.17. The quantitative estimate of drug-likeness (QED) is 0.685. The van der Waals surface area contributed by atoms with Crippen LogP contribution in [0.2, 0.25) is 0 Å². The molecule has 0 bridgehead atoms. The molecule has 0 aromatic carbocycles. The molecule has 0 amide bonds. The predicted octanol–water partition coefficient (Wildman–Crippen LogP) is 1.32. The molecular formula is C8H7N3O. The van der Waals surface area contributed by atoms with E-state index >= 15 is 0 Å². The van der Waals surface area contributed by atoms with Crippen molar-refractivity contribution in [2.24, 2.45) is 0 Å². The molecule has 0 spiro atoms. The number of hydrogen-bond acceptors (Lipinski definition) is 4. The minimum Gasteiger partial charge on any atom is -0.422 e. The van der Waals surface area contributed by atoms with Crippen LogP contribution in [-0.4, -0.2) is 9.97 Å². The topological polar surface area (TPSA) is 64.9 Å². The molecule has 12 heavy (non-hydrogen) atoms. The zero-order valence-electron chi connectivity index (χ0n) is 6.27. The molecule has 2 rings (SSSR count). The van der Waals surface area contributed by atoms with Gasteiger partial charge in [0.05, 0.1) is 6.20 Å². The van der Waals surface area contributed by atoms with E-state index in [1.165, 1.54) is 0 Å². The number of pyridine rings is 1. The molecule has 0 saturated heterocycles. The summed E-state index contributed by atoms with van der Waals surface area (Å²) in [6.45, 7) is 0. The molecule has 0 saturated carbocycles. The van der Waals surface area contributed by atoms with Gasteiger partial charge in [0.25, 0.3) is 6.01 Å². The summed E-state index contributed by atoms with van der Waals surface area (Å²) in [5.74, 6) is 0.591. The summed E-state index contributed by atoms with van der Waals surface area (Å²) in [7, 11) is 0. The molecule has 2 aromatic rings. The fourth-order valence-electron chi connectivity index (χ4n) is 0.915. The normalized spacial score (nSPS) is 10.0. The number of nitrogens with zero attached hydrogens (tertiary/aromatic N) is 2. The molecule has 0 aliphatic rings. The van der Waals surface area contributed by atoms with Gasteiger partial charge in [-0.1, -0.05) is 6.07 Å². The molecule has 0 radical (unpaired) electrons. The Kier molecular flexibility index (Phi) is 1.51. The highest BCUT2D eigenvalue weighted by Gasteiger charge is 2.02. The molecule has 2 N–H and O–H groups in total. The summed E-state index contributed by atoms with van der Waals surface area (Å²) in [5, 5.41) is 0. The Labute approximate surface area is 69.1 Å². The third-order valence-electron chi connectivity index (χ3n) is 1.44. The lowest BCUT2D eigenvalue weighted by Gasteiger charge is -1.91. The molecule has 0 aliphatic carbocycles. The van der Waals surface area contributed by atoms with Gasteiger partial charge in [-0.05, 0) is 12.1 Å². The summed E-state index contributed by atoms with van der Waals surface area (Å²) in [6.07, 6.45) is 3.24.